The van der Waals surface area contributed by atoms with Crippen LogP contribution in [0.2, 0.25) is 0 Å². The largest absolute Gasteiger partial charge is 0.480 e. The molecule has 0 saturated heterocycles. The highest BCUT2D eigenvalue weighted by atomic mass is 16.4. The molecule has 0 aliphatic rings. The number of aliphatic hydroxyl groups is 1. The van der Waals surface area contributed by atoms with Gasteiger partial charge in [0.15, 0.2) is 0 Å². The van der Waals surface area contributed by atoms with Crippen molar-refractivity contribution in [3.63, 3.8) is 0 Å². The average Bonchev–Trinajstić information content (AvgIpc) is 2.47. The zero-order chi connectivity index (χ0) is 19.7. The van der Waals surface area contributed by atoms with Gasteiger partial charge in [-0.25, -0.2) is 4.79 Å². The molecule has 0 aromatic rings. The predicted molar refractivity (Wildman–Crippen MR) is 81.6 cm³/mol. The van der Waals surface area contributed by atoms with Gasteiger partial charge in [0.1, 0.15) is 19.1 Å². The number of rotatable bonds is 11. The van der Waals surface area contributed by atoms with E-state index in [-0.39, 0.29) is 13.0 Å². The second-order valence-corrected chi connectivity index (χ2v) is 5.33. The minimum atomic E-state index is -1.66. The lowest BCUT2D eigenvalue weighted by molar-refractivity contribution is -0.155. The number of carbonyl (C=O) groups excluding carboxylic acids is 2. The quantitative estimate of drug-likeness (QED) is 0.339. The third-order valence-electron chi connectivity index (χ3n) is 3.32. The van der Waals surface area contributed by atoms with E-state index in [9.17, 15) is 34.2 Å². The van der Waals surface area contributed by atoms with Crippen LogP contribution in [0.3, 0.4) is 0 Å². The number of carbonyl (C=O) groups is 5. The minimum absolute atomic E-state index is 0.244. The lowest BCUT2D eigenvalue weighted by atomic mass is 10.1. The van der Waals surface area contributed by atoms with Crippen molar-refractivity contribution in [2.45, 2.75) is 38.8 Å². The monoisotopic (exact) mass is 362 g/mol. The standard InChI is InChI=1S/C14H22N2O9/c1-3-9(18)5-16(8(2)17)10(14(24)25)4-11(19)15(6-12(20)21)7-13(22)23/h9-10,18H,3-7H2,1-2H3,(H,20,21)(H,22,23)(H,24,25). The second-order valence-electron chi connectivity index (χ2n) is 5.33. The Balaban J connectivity index is 5.39. The molecule has 0 aliphatic heterocycles. The Morgan fingerprint density at radius 3 is 1.76 bits per heavy atom. The van der Waals surface area contributed by atoms with Crippen LogP contribution in [0.4, 0.5) is 0 Å². The molecule has 0 spiro atoms. The molecule has 2 unspecified atom stereocenters. The second kappa shape index (κ2) is 10.2. The molecule has 142 valence electrons. The molecule has 11 nitrogen and oxygen atoms in total. The van der Waals surface area contributed by atoms with Crippen molar-refractivity contribution in [1.29, 1.82) is 0 Å². The van der Waals surface area contributed by atoms with E-state index in [0.717, 1.165) is 11.8 Å². The van der Waals surface area contributed by atoms with E-state index in [4.69, 9.17) is 10.2 Å². The summed E-state index contributed by atoms with van der Waals surface area (Å²) in [5.41, 5.74) is 0. The average molecular weight is 362 g/mol. The summed E-state index contributed by atoms with van der Waals surface area (Å²) in [6.07, 6.45) is -1.57. The van der Waals surface area contributed by atoms with E-state index in [1.54, 1.807) is 6.92 Å². The van der Waals surface area contributed by atoms with Crippen molar-refractivity contribution >= 4 is 29.7 Å². The molecule has 0 radical (unpaired) electrons. The Bertz CT molecular complexity index is 518. The smallest absolute Gasteiger partial charge is 0.326 e. The van der Waals surface area contributed by atoms with Gasteiger partial charge in [-0.3, -0.25) is 19.2 Å². The van der Waals surface area contributed by atoms with Crippen molar-refractivity contribution in [2.24, 2.45) is 0 Å². The fraction of sp³-hybridized carbons (Fsp3) is 0.643. The Morgan fingerprint density at radius 1 is 0.960 bits per heavy atom. The van der Waals surface area contributed by atoms with Crippen molar-refractivity contribution in [3.8, 4) is 0 Å². The van der Waals surface area contributed by atoms with Gasteiger partial charge in [0, 0.05) is 13.5 Å². The van der Waals surface area contributed by atoms with Gasteiger partial charge in [-0.1, -0.05) is 6.92 Å². The van der Waals surface area contributed by atoms with Gasteiger partial charge in [0.05, 0.1) is 12.5 Å². The van der Waals surface area contributed by atoms with Crippen LogP contribution in [0.25, 0.3) is 0 Å². The summed E-state index contributed by atoms with van der Waals surface area (Å²) >= 11 is 0. The highest BCUT2D eigenvalue weighted by molar-refractivity contribution is 5.90. The first kappa shape index (κ1) is 22.3. The number of nitrogens with zero attached hydrogens (tertiary/aromatic N) is 2. The van der Waals surface area contributed by atoms with Gasteiger partial charge < -0.3 is 30.2 Å². The van der Waals surface area contributed by atoms with Crippen molar-refractivity contribution in [3.05, 3.63) is 0 Å². The topological polar surface area (TPSA) is 173 Å². The van der Waals surface area contributed by atoms with Crippen molar-refractivity contribution in [2.75, 3.05) is 19.6 Å². The molecule has 2 atom stereocenters. The molecule has 0 saturated carbocycles. The van der Waals surface area contributed by atoms with Crippen LogP contribution in [0.1, 0.15) is 26.7 Å². The van der Waals surface area contributed by atoms with E-state index in [1.807, 2.05) is 0 Å². The highest BCUT2D eigenvalue weighted by Gasteiger charge is 2.33. The molecule has 4 N–H and O–H groups in total. The SMILES string of the molecule is CCC(O)CN(C(C)=O)C(CC(=O)N(CC(=O)O)CC(=O)O)C(=O)O. The Hall–Kier alpha value is -2.69. The maximum atomic E-state index is 12.1. The molecule has 2 amide bonds. The third kappa shape index (κ3) is 8.11. The lowest BCUT2D eigenvalue weighted by Gasteiger charge is -2.30. The minimum Gasteiger partial charge on any atom is -0.480 e. The summed E-state index contributed by atoms with van der Waals surface area (Å²) < 4.78 is 0. The fourth-order valence-electron chi connectivity index (χ4n) is 2.02. The first-order chi connectivity index (χ1) is 11.5. The first-order valence-corrected chi connectivity index (χ1v) is 7.38. The Kier molecular flexibility index (Phi) is 9.13. The Labute approximate surface area is 143 Å². The van der Waals surface area contributed by atoms with Gasteiger partial charge in [-0.05, 0) is 6.42 Å². The molecule has 0 aromatic carbocycles. The zero-order valence-electron chi connectivity index (χ0n) is 13.9. The zero-order valence-corrected chi connectivity index (χ0v) is 13.9. The highest BCUT2D eigenvalue weighted by Crippen LogP contribution is 2.11. The summed E-state index contributed by atoms with van der Waals surface area (Å²) in [6, 6.07) is -1.66. The normalized spacial score (nSPS) is 12.8. The van der Waals surface area contributed by atoms with E-state index >= 15 is 0 Å². The van der Waals surface area contributed by atoms with E-state index in [2.05, 4.69) is 0 Å². The summed E-state index contributed by atoms with van der Waals surface area (Å²) in [5.74, 6) is -6.21. The maximum Gasteiger partial charge on any atom is 0.326 e. The molecule has 25 heavy (non-hydrogen) atoms. The van der Waals surface area contributed by atoms with Gasteiger partial charge in [-0.2, -0.15) is 0 Å². The van der Waals surface area contributed by atoms with E-state index in [0.29, 0.717) is 4.90 Å². The molecule has 0 bridgehead atoms. The number of aliphatic hydroxyl groups excluding tert-OH is 1. The van der Waals surface area contributed by atoms with Gasteiger partial charge >= 0.3 is 17.9 Å². The van der Waals surface area contributed by atoms with Crippen LogP contribution < -0.4 is 0 Å². The van der Waals surface area contributed by atoms with Crippen LogP contribution >= 0.6 is 0 Å². The first-order valence-electron chi connectivity index (χ1n) is 7.38. The summed E-state index contributed by atoms with van der Waals surface area (Å²) in [7, 11) is 0. The van der Waals surface area contributed by atoms with Crippen molar-refractivity contribution in [1.82, 2.24) is 9.80 Å². The molecule has 0 aromatic heterocycles. The Morgan fingerprint density at radius 2 is 1.44 bits per heavy atom. The third-order valence-corrected chi connectivity index (χ3v) is 3.32. The lowest BCUT2D eigenvalue weighted by Crippen LogP contribution is -2.50. The summed E-state index contributed by atoms with van der Waals surface area (Å²) in [4.78, 5) is 58.0. The van der Waals surface area contributed by atoms with E-state index in [1.165, 1.54) is 0 Å². The molecule has 0 heterocycles. The van der Waals surface area contributed by atoms with Crippen LogP contribution in [-0.4, -0.2) is 91.7 Å². The van der Waals surface area contributed by atoms with E-state index < -0.39 is 61.4 Å². The van der Waals surface area contributed by atoms with Crippen molar-refractivity contribution < 1.29 is 44.4 Å². The maximum absolute atomic E-state index is 12.1. The molecule has 0 aliphatic carbocycles. The number of carboxylic acids is 3. The van der Waals surface area contributed by atoms with Gasteiger partial charge in [0.25, 0.3) is 0 Å². The summed E-state index contributed by atoms with van der Waals surface area (Å²) in [5, 5.41) is 36.4. The van der Waals surface area contributed by atoms with Crippen LogP contribution in [0.5, 0.6) is 0 Å². The molecular weight excluding hydrogens is 340 g/mol. The molecular formula is C14H22N2O9. The molecule has 0 rings (SSSR count). The fourth-order valence-corrected chi connectivity index (χ4v) is 2.02. The molecule has 11 heteroatoms. The van der Waals surface area contributed by atoms with Crippen LogP contribution in [-0.2, 0) is 24.0 Å². The van der Waals surface area contributed by atoms with Crippen LogP contribution in [0, 0.1) is 0 Å². The number of carboxylic acid groups (broad SMARTS) is 3. The number of aliphatic carboxylic acids is 3. The number of hydrogen-bond acceptors (Lipinski definition) is 6. The van der Waals surface area contributed by atoms with Gasteiger partial charge in [-0.15, -0.1) is 0 Å². The molecule has 0 fully saturated rings. The number of amides is 2. The van der Waals surface area contributed by atoms with Gasteiger partial charge in [0.2, 0.25) is 11.8 Å². The predicted octanol–water partition coefficient (Wildman–Crippen LogP) is -1.55. The summed E-state index contributed by atoms with van der Waals surface area (Å²) in [6.45, 7) is 0.513. The van der Waals surface area contributed by atoms with Crippen LogP contribution in [0.15, 0.2) is 0 Å². The number of hydrogen-bond donors (Lipinski definition) is 4.